The normalized spacial score (nSPS) is 21.7. The summed E-state index contributed by atoms with van der Waals surface area (Å²) in [5.74, 6) is 0.249. The summed E-state index contributed by atoms with van der Waals surface area (Å²) in [5, 5.41) is 20.4. The number of phenols is 1. The number of rotatable bonds is 0. The van der Waals surface area contributed by atoms with E-state index < -0.39 is 0 Å². The van der Waals surface area contributed by atoms with Gasteiger partial charge in [0.1, 0.15) is 11.4 Å². The molecule has 1 aliphatic rings. The molecule has 0 fully saturated rings. The molecule has 1 heterocycles. The van der Waals surface area contributed by atoms with E-state index in [9.17, 15) is 5.21 Å². The minimum absolute atomic E-state index is 0.194. The van der Waals surface area contributed by atoms with Crippen LogP contribution in [0.25, 0.3) is 0 Å². The number of phenolic OH excluding ortho intramolecular Hbond substituents is 1. The molecule has 58 valence electrons. The van der Waals surface area contributed by atoms with Crippen LogP contribution >= 0.6 is 0 Å². The van der Waals surface area contributed by atoms with Crippen LogP contribution in [0.3, 0.4) is 0 Å². The number of hydrogen-bond acceptors (Lipinski definition) is 2. The molecular weight excluding hydrogens is 142 g/mol. The van der Waals surface area contributed by atoms with Gasteiger partial charge in [0.2, 0.25) is 0 Å². The zero-order valence-corrected chi connectivity index (χ0v) is 6.00. The molecule has 1 aromatic rings. The molecule has 0 spiro atoms. The van der Waals surface area contributed by atoms with E-state index in [1.54, 1.807) is 18.2 Å². The topological polar surface area (TPSA) is 47.7 Å². The van der Waals surface area contributed by atoms with Crippen LogP contribution in [0.1, 0.15) is 5.56 Å². The van der Waals surface area contributed by atoms with E-state index in [-0.39, 0.29) is 10.8 Å². The van der Waals surface area contributed by atoms with E-state index in [0.717, 1.165) is 17.7 Å². The minimum Gasteiger partial charge on any atom is -0.629 e. The summed E-state index contributed by atoms with van der Waals surface area (Å²) < 4.78 is 0. The lowest BCUT2D eigenvalue weighted by Gasteiger charge is -2.14. The van der Waals surface area contributed by atoms with E-state index in [1.807, 2.05) is 0 Å². The van der Waals surface area contributed by atoms with Crippen molar-refractivity contribution in [2.24, 2.45) is 0 Å². The predicted octanol–water partition coefficient (Wildman–Crippen LogP) is -0.0375. The highest BCUT2D eigenvalue weighted by molar-refractivity contribution is 5.46. The lowest BCUT2D eigenvalue weighted by atomic mass is 10.1. The molecule has 0 aliphatic carbocycles. The standard InChI is InChI=1S/C8H9NO2/c10-7-1-2-8-6(5-7)3-4-9(8)11/h1-2,5,9-10H,3-4H2. The number of hydroxylamine groups is 1. The second-order valence-electron chi connectivity index (χ2n) is 2.76. The quantitative estimate of drug-likeness (QED) is 0.404. The molecule has 1 atom stereocenters. The van der Waals surface area contributed by atoms with E-state index >= 15 is 0 Å². The van der Waals surface area contributed by atoms with Gasteiger partial charge in [-0.2, -0.15) is 0 Å². The van der Waals surface area contributed by atoms with Gasteiger partial charge in [-0.05, 0) is 12.1 Å². The number of aromatic hydroxyl groups is 1. The number of hydrogen-bond donors (Lipinski definition) is 2. The molecule has 0 bridgehead atoms. The highest BCUT2D eigenvalue weighted by Crippen LogP contribution is 2.21. The van der Waals surface area contributed by atoms with Crippen LogP contribution in [0, 0.1) is 5.21 Å². The van der Waals surface area contributed by atoms with Crippen LogP contribution in [0.4, 0.5) is 5.69 Å². The first kappa shape index (κ1) is 6.64. The average Bonchev–Trinajstić information content (AvgIpc) is 2.32. The zero-order chi connectivity index (χ0) is 7.84. The summed E-state index contributed by atoms with van der Waals surface area (Å²) in [6.07, 6.45) is 0.780. The van der Waals surface area contributed by atoms with Gasteiger partial charge in [-0.1, -0.05) is 0 Å². The van der Waals surface area contributed by atoms with Crippen molar-refractivity contribution in [1.29, 1.82) is 0 Å². The van der Waals surface area contributed by atoms with E-state index in [1.165, 1.54) is 0 Å². The third kappa shape index (κ3) is 0.982. The average molecular weight is 151 g/mol. The molecule has 3 heteroatoms. The molecule has 2 rings (SSSR count). The van der Waals surface area contributed by atoms with Crippen molar-refractivity contribution in [1.82, 2.24) is 0 Å². The zero-order valence-electron chi connectivity index (χ0n) is 6.00. The van der Waals surface area contributed by atoms with Gasteiger partial charge < -0.3 is 15.4 Å². The Morgan fingerprint density at radius 1 is 1.45 bits per heavy atom. The number of benzene rings is 1. The molecule has 1 unspecified atom stereocenters. The summed E-state index contributed by atoms with van der Waals surface area (Å²) in [4.78, 5) is 0. The van der Waals surface area contributed by atoms with Gasteiger partial charge in [-0.3, -0.25) is 0 Å². The molecule has 0 saturated carbocycles. The Morgan fingerprint density at radius 3 is 3.09 bits per heavy atom. The van der Waals surface area contributed by atoms with Crippen LogP contribution in [0.5, 0.6) is 5.75 Å². The van der Waals surface area contributed by atoms with E-state index in [2.05, 4.69) is 0 Å². The van der Waals surface area contributed by atoms with Gasteiger partial charge in [-0.15, -0.1) is 0 Å². The molecule has 0 saturated heterocycles. The molecule has 2 N–H and O–H groups in total. The molecule has 1 aromatic carbocycles. The second-order valence-corrected chi connectivity index (χ2v) is 2.76. The van der Waals surface area contributed by atoms with Gasteiger partial charge in [0, 0.05) is 18.1 Å². The molecule has 11 heavy (non-hydrogen) atoms. The molecule has 0 amide bonds. The largest absolute Gasteiger partial charge is 0.629 e. The van der Waals surface area contributed by atoms with Gasteiger partial charge in [0.25, 0.3) is 0 Å². The van der Waals surface area contributed by atoms with Crippen LogP contribution in [-0.2, 0) is 6.42 Å². The highest BCUT2D eigenvalue weighted by Gasteiger charge is 2.17. The maximum absolute atomic E-state index is 11.1. The Kier molecular flexibility index (Phi) is 1.34. The third-order valence-electron chi connectivity index (χ3n) is 2.01. The van der Waals surface area contributed by atoms with Crippen molar-refractivity contribution in [2.45, 2.75) is 6.42 Å². The SMILES string of the molecule is [O-][NH+]1CCc2cc(O)ccc21. The smallest absolute Gasteiger partial charge is 0.134 e. The van der Waals surface area contributed by atoms with Gasteiger partial charge in [0.15, 0.2) is 0 Å². The van der Waals surface area contributed by atoms with Crippen molar-refractivity contribution >= 4 is 5.69 Å². The Morgan fingerprint density at radius 2 is 2.27 bits per heavy atom. The number of nitrogens with one attached hydrogen (secondary N) is 1. The summed E-state index contributed by atoms with van der Waals surface area (Å²) in [6, 6.07) is 4.92. The van der Waals surface area contributed by atoms with Crippen LogP contribution < -0.4 is 5.06 Å². The van der Waals surface area contributed by atoms with E-state index in [4.69, 9.17) is 5.11 Å². The van der Waals surface area contributed by atoms with Gasteiger partial charge in [0.05, 0.1) is 6.54 Å². The summed E-state index contributed by atoms with van der Waals surface area (Å²) in [7, 11) is 0. The Hall–Kier alpha value is -1.06. The first-order chi connectivity index (χ1) is 5.27. The molecule has 0 aromatic heterocycles. The van der Waals surface area contributed by atoms with Crippen molar-refractivity contribution in [3.8, 4) is 5.75 Å². The Balaban J connectivity index is 2.50. The maximum atomic E-state index is 11.1. The fourth-order valence-corrected chi connectivity index (χ4v) is 1.44. The lowest BCUT2D eigenvalue weighted by molar-refractivity contribution is -0.768. The maximum Gasteiger partial charge on any atom is 0.134 e. The first-order valence-electron chi connectivity index (χ1n) is 3.62. The number of fused-ring (bicyclic) bond motifs is 1. The third-order valence-corrected chi connectivity index (χ3v) is 2.01. The number of quaternary nitrogens is 1. The summed E-state index contributed by atoms with van der Waals surface area (Å²) in [5.41, 5.74) is 1.76. The van der Waals surface area contributed by atoms with Crippen molar-refractivity contribution in [3.05, 3.63) is 29.0 Å². The molecule has 0 radical (unpaired) electrons. The molecule has 3 nitrogen and oxygen atoms in total. The molecule has 1 aliphatic heterocycles. The van der Waals surface area contributed by atoms with Crippen LogP contribution in [-0.4, -0.2) is 11.7 Å². The fourth-order valence-electron chi connectivity index (χ4n) is 1.44. The van der Waals surface area contributed by atoms with Gasteiger partial charge >= 0.3 is 0 Å². The van der Waals surface area contributed by atoms with Gasteiger partial charge in [-0.25, -0.2) is 0 Å². The van der Waals surface area contributed by atoms with Crippen molar-refractivity contribution in [3.63, 3.8) is 0 Å². The molecular formula is C8H9NO2. The first-order valence-corrected chi connectivity index (χ1v) is 3.62. The second kappa shape index (κ2) is 2.22. The minimum atomic E-state index is 0.194. The fraction of sp³-hybridized carbons (Fsp3) is 0.250. The Labute approximate surface area is 64.5 Å². The predicted molar refractivity (Wildman–Crippen MR) is 40.7 cm³/mol. The van der Waals surface area contributed by atoms with Crippen molar-refractivity contribution in [2.75, 3.05) is 6.54 Å². The summed E-state index contributed by atoms with van der Waals surface area (Å²) in [6.45, 7) is 0.596. The van der Waals surface area contributed by atoms with E-state index in [0.29, 0.717) is 6.54 Å². The van der Waals surface area contributed by atoms with Crippen LogP contribution in [0.2, 0.25) is 0 Å². The summed E-state index contributed by atoms with van der Waals surface area (Å²) >= 11 is 0. The lowest BCUT2D eigenvalue weighted by Crippen LogP contribution is -3.00. The Bertz CT molecular complexity index is 285. The van der Waals surface area contributed by atoms with Crippen LogP contribution in [0.15, 0.2) is 18.2 Å². The monoisotopic (exact) mass is 151 g/mol. The highest BCUT2D eigenvalue weighted by atomic mass is 16.5. The van der Waals surface area contributed by atoms with Crippen molar-refractivity contribution < 1.29 is 10.2 Å².